The Kier molecular flexibility index (Phi) is 3.51. The third kappa shape index (κ3) is 3.46. The highest BCUT2D eigenvalue weighted by atomic mass is 35.5. The fraction of sp³-hybridized carbons (Fsp3) is 0.600. The van der Waals surface area contributed by atoms with Crippen LogP contribution < -0.4 is 0 Å². The van der Waals surface area contributed by atoms with Gasteiger partial charge in [0.25, 0.3) is 0 Å². The Morgan fingerprint density at radius 3 is 2.71 bits per heavy atom. The van der Waals surface area contributed by atoms with Crippen molar-refractivity contribution in [1.29, 1.82) is 0 Å². The Bertz CT molecular complexity index is 400. The molecule has 0 aromatic heterocycles. The molecule has 0 heterocycles. The van der Waals surface area contributed by atoms with Crippen LogP contribution in [0.25, 0.3) is 0 Å². The van der Waals surface area contributed by atoms with Crippen molar-refractivity contribution in [1.82, 2.24) is 0 Å². The molecule has 1 saturated carbocycles. The van der Waals surface area contributed by atoms with Crippen LogP contribution >= 0.6 is 11.6 Å². The van der Waals surface area contributed by atoms with E-state index >= 15 is 0 Å². The van der Waals surface area contributed by atoms with Crippen molar-refractivity contribution < 1.29 is 5.11 Å². The van der Waals surface area contributed by atoms with Gasteiger partial charge in [0.1, 0.15) is 0 Å². The summed E-state index contributed by atoms with van der Waals surface area (Å²) in [5.74, 6) is 0. The van der Waals surface area contributed by atoms with Gasteiger partial charge in [-0.3, -0.25) is 0 Å². The topological polar surface area (TPSA) is 20.2 Å². The van der Waals surface area contributed by atoms with Crippen molar-refractivity contribution in [2.24, 2.45) is 5.41 Å². The molecule has 0 spiro atoms. The number of halogens is 1. The van der Waals surface area contributed by atoms with Gasteiger partial charge in [-0.25, -0.2) is 0 Å². The molecule has 1 aliphatic carbocycles. The third-order valence-electron chi connectivity index (χ3n) is 3.73. The molecule has 1 unspecified atom stereocenters. The number of aliphatic hydroxyl groups is 1. The highest BCUT2D eigenvalue weighted by Crippen LogP contribution is 2.42. The maximum atomic E-state index is 10.7. The molecule has 0 bridgehead atoms. The van der Waals surface area contributed by atoms with Gasteiger partial charge in [0.05, 0.1) is 5.60 Å². The van der Waals surface area contributed by atoms with Crippen molar-refractivity contribution in [3.05, 3.63) is 34.9 Å². The SMILES string of the molecule is CC1(C)CCCC(O)(Cc2cccc(Cl)c2)C1. The minimum Gasteiger partial charge on any atom is -0.390 e. The monoisotopic (exact) mass is 252 g/mol. The Hall–Kier alpha value is -0.530. The van der Waals surface area contributed by atoms with Crippen LogP contribution in [0.15, 0.2) is 24.3 Å². The molecule has 1 N–H and O–H groups in total. The lowest BCUT2D eigenvalue weighted by molar-refractivity contribution is -0.0382. The summed E-state index contributed by atoms with van der Waals surface area (Å²) in [6.45, 7) is 4.49. The second kappa shape index (κ2) is 4.62. The second-order valence-corrected chi connectivity index (χ2v) is 6.66. The average Bonchev–Trinajstić information content (AvgIpc) is 2.14. The summed E-state index contributed by atoms with van der Waals surface area (Å²) in [5.41, 5.74) is 0.843. The summed E-state index contributed by atoms with van der Waals surface area (Å²) in [4.78, 5) is 0. The molecule has 2 rings (SSSR count). The van der Waals surface area contributed by atoms with Crippen LogP contribution in [0.2, 0.25) is 5.02 Å². The lowest BCUT2D eigenvalue weighted by atomic mass is 9.68. The Morgan fingerprint density at radius 2 is 2.06 bits per heavy atom. The van der Waals surface area contributed by atoms with E-state index in [1.807, 2.05) is 24.3 Å². The molecule has 0 radical (unpaired) electrons. The van der Waals surface area contributed by atoms with Crippen LogP contribution in [-0.2, 0) is 6.42 Å². The first-order valence-corrected chi connectivity index (χ1v) is 6.73. The van der Waals surface area contributed by atoms with Gasteiger partial charge in [0, 0.05) is 11.4 Å². The van der Waals surface area contributed by atoms with Crippen molar-refractivity contribution >= 4 is 11.6 Å². The first-order valence-electron chi connectivity index (χ1n) is 6.36. The van der Waals surface area contributed by atoms with Gasteiger partial charge in [-0.2, -0.15) is 0 Å². The molecule has 17 heavy (non-hydrogen) atoms. The largest absolute Gasteiger partial charge is 0.390 e. The Balaban J connectivity index is 2.12. The van der Waals surface area contributed by atoms with Gasteiger partial charge in [-0.1, -0.05) is 44.0 Å². The summed E-state index contributed by atoms with van der Waals surface area (Å²) in [7, 11) is 0. The predicted molar refractivity (Wildman–Crippen MR) is 72.4 cm³/mol. The van der Waals surface area contributed by atoms with E-state index in [0.29, 0.717) is 0 Å². The van der Waals surface area contributed by atoms with Crippen LogP contribution in [0.5, 0.6) is 0 Å². The summed E-state index contributed by atoms with van der Waals surface area (Å²) in [6, 6.07) is 7.83. The Morgan fingerprint density at radius 1 is 1.29 bits per heavy atom. The molecule has 94 valence electrons. The molecule has 1 aromatic carbocycles. The van der Waals surface area contributed by atoms with Gasteiger partial charge in [-0.15, -0.1) is 0 Å². The molecule has 0 saturated heterocycles. The summed E-state index contributed by atoms with van der Waals surface area (Å²) in [6.07, 6.45) is 4.83. The summed E-state index contributed by atoms with van der Waals surface area (Å²) < 4.78 is 0. The molecular formula is C15H21ClO. The van der Waals surface area contributed by atoms with Gasteiger partial charge in [0.2, 0.25) is 0 Å². The van der Waals surface area contributed by atoms with Crippen LogP contribution in [-0.4, -0.2) is 10.7 Å². The first kappa shape index (κ1) is 12.9. The number of benzene rings is 1. The normalized spacial score (nSPS) is 28.0. The van der Waals surface area contributed by atoms with E-state index < -0.39 is 5.60 Å². The molecule has 1 aliphatic rings. The molecule has 2 heteroatoms. The fourth-order valence-corrected chi connectivity index (χ4v) is 3.35. The molecule has 1 fully saturated rings. The average molecular weight is 253 g/mol. The van der Waals surface area contributed by atoms with E-state index in [4.69, 9.17) is 11.6 Å². The highest BCUT2D eigenvalue weighted by molar-refractivity contribution is 6.30. The van der Waals surface area contributed by atoms with E-state index in [1.165, 1.54) is 6.42 Å². The van der Waals surface area contributed by atoms with Gasteiger partial charge >= 0.3 is 0 Å². The molecule has 0 amide bonds. The lowest BCUT2D eigenvalue weighted by Crippen LogP contribution is -2.40. The van der Waals surface area contributed by atoms with Crippen LogP contribution in [0.1, 0.15) is 45.1 Å². The number of hydrogen-bond acceptors (Lipinski definition) is 1. The standard InChI is InChI=1S/C15H21ClO/c1-14(2)7-4-8-15(17,11-14)10-12-5-3-6-13(16)9-12/h3,5-6,9,17H,4,7-8,10-11H2,1-2H3. The summed E-state index contributed by atoms with van der Waals surface area (Å²) in [5, 5.41) is 11.5. The molecule has 0 aliphatic heterocycles. The first-order chi connectivity index (χ1) is 7.89. The van der Waals surface area contributed by atoms with Gasteiger partial charge < -0.3 is 5.11 Å². The minimum atomic E-state index is -0.549. The van der Waals surface area contributed by atoms with Crippen LogP contribution in [0, 0.1) is 5.41 Å². The minimum absolute atomic E-state index is 0.256. The van der Waals surface area contributed by atoms with Gasteiger partial charge in [-0.05, 0) is 42.4 Å². The zero-order valence-electron chi connectivity index (χ0n) is 10.7. The fourth-order valence-electron chi connectivity index (χ4n) is 3.14. The van der Waals surface area contributed by atoms with E-state index in [2.05, 4.69) is 13.8 Å². The number of hydrogen-bond donors (Lipinski definition) is 1. The second-order valence-electron chi connectivity index (χ2n) is 6.23. The maximum absolute atomic E-state index is 10.7. The molecule has 1 nitrogen and oxygen atoms in total. The van der Waals surface area contributed by atoms with Crippen molar-refractivity contribution in [3.8, 4) is 0 Å². The highest BCUT2D eigenvalue weighted by Gasteiger charge is 2.38. The van der Waals surface area contributed by atoms with Crippen molar-refractivity contribution in [3.63, 3.8) is 0 Å². The third-order valence-corrected chi connectivity index (χ3v) is 3.96. The predicted octanol–water partition coefficient (Wildman–Crippen LogP) is 4.21. The lowest BCUT2D eigenvalue weighted by Gasteiger charge is -2.41. The maximum Gasteiger partial charge on any atom is 0.0693 e. The van der Waals surface area contributed by atoms with E-state index in [0.717, 1.165) is 36.3 Å². The zero-order valence-corrected chi connectivity index (χ0v) is 11.4. The molecule has 1 aromatic rings. The zero-order chi connectivity index (χ0) is 12.5. The Labute approximate surface area is 109 Å². The van der Waals surface area contributed by atoms with E-state index in [1.54, 1.807) is 0 Å². The van der Waals surface area contributed by atoms with E-state index in [9.17, 15) is 5.11 Å². The molecule has 1 atom stereocenters. The molecular weight excluding hydrogens is 232 g/mol. The van der Waals surface area contributed by atoms with Crippen LogP contribution in [0.3, 0.4) is 0 Å². The number of rotatable bonds is 2. The van der Waals surface area contributed by atoms with E-state index in [-0.39, 0.29) is 5.41 Å². The quantitative estimate of drug-likeness (QED) is 0.836. The summed E-state index contributed by atoms with van der Waals surface area (Å²) >= 11 is 5.98. The van der Waals surface area contributed by atoms with Crippen molar-refractivity contribution in [2.75, 3.05) is 0 Å². The van der Waals surface area contributed by atoms with Crippen LogP contribution in [0.4, 0.5) is 0 Å². The van der Waals surface area contributed by atoms with Gasteiger partial charge in [0.15, 0.2) is 0 Å². The van der Waals surface area contributed by atoms with Crippen molar-refractivity contribution in [2.45, 2.75) is 51.6 Å². The smallest absolute Gasteiger partial charge is 0.0693 e.